The molecule has 1 amide bonds. The maximum Gasteiger partial charge on any atom is 0.258 e. The van der Waals surface area contributed by atoms with Crippen LogP contribution >= 0.6 is 0 Å². The Labute approximate surface area is 124 Å². The second kappa shape index (κ2) is 6.91. The smallest absolute Gasteiger partial charge is 0.258 e. The van der Waals surface area contributed by atoms with E-state index in [4.69, 9.17) is 4.74 Å². The third kappa shape index (κ3) is 5.02. The first-order valence-corrected chi connectivity index (χ1v) is 8.67. The van der Waals surface area contributed by atoms with Gasteiger partial charge in [-0.2, -0.15) is 0 Å². The molecule has 1 aromatic carbocycles. The van der Waals surface area contributed by atoms with Crippen molar-refractivity contribution >= 4 is 15.7 Å². The maximum absolute atomic E-state index is 11.8. The monoisotopic (exact) mass is 312 g/mol. The number of carbonyl (C=O) groups is 1. The summed E-state index contributed by atoms with van der Waals surface area (Å²) in [5.74, 6) is 0.495. The van der Waals surface area contributed by atoms with Crippen LogP contribution in [0.25, 0.3) is 0 Å². The molecule has 0 radical (unpaired) electrons. The van der Waals surface area contributed by atoms with Crippen molar-refractivity contribution in [1.29, 1.82) is 0 Å². The lowest BCUT2D eigenvalue weighted by molar-refractivity contribution is -0.123. The number of sulfone groups is 1. The summed E-state index contributed by atoms with van der Waals surface area (Å²) in [6.45, 7) is 0.614. The number of amides is 1. The third-order valence-corrected chi connectivity index (χ3v) is 5.01. The van der Waals surface area contributed by atoms with Crippen molar-refractivity contribution in [2.24, 2.45) is 0 Å². The number of benzene rings is 1. The minimum Gasteiger partial charge on any atom is -0.484 e. The van der Waals surface area contributed by atoms with E-state index in [0.717, 1.165) is 12.1 Å². The summed E-state index contributed by atoms with van der Waals surface area (Å²) in [5.41, 5.74) is 1.07. The van der Waals surface area contributed by atoms with Crippen molar-refractivity contribution in [2.75, 3.05) is 25.2 Å². The molecule has 0 bridgehead atoms. The van der Waals surface area contributed by atoms with Crippen LogP contribution in [-0.4, -0.2) is 45.5 Å². The first kappa shape index (κ1) is 15.8. The summed E-state index contributed by atoms with van der Waals surface area (Å²) in [6.07, 6.45) is 0.478. The molecule has 1 aliphatic rings. The fourth-order valence-electron chi connectivity index (χ4n) is 2.28. The number of hydrogen-bond acceptors (Lipinski definition) is 5. The van der Waals surface area contributed by atoms with Crippen molar-refractivity contribution in [1.82, 2.24) is 10.6 Å². The van der Waals surface area contributed by atoms with Gasteiger partial charge in [0.1, 0.15) is 5.75 Å². The van der Waals surface area contributed by atoms with Crippen LogP contribution < -0.4 is 15.4 Å². The number of rotatable bonds is 6. The predicted molar refractivity (Wildman–Crippen MR) is 79.9 cm³/mol. The van der Waals surface area contributed by atoms with Crippen molar-refractivity contribution in [3.8, 4) is 5.75 Å². The Hall–Kier alpha value is -1.60. The van der Waals surface area contributed by atoms with E-state index in [1.165, 1.54) is 0 Å². The Balaban J connectivity index is 1.80. The molecule has 6 nitrogen and oxygen atoms in total. The molecule has 1 unspecified atom stereocenters. The number of ether oxygens (including phenoxy) is 1. The fourth-order valence-corrected chi connectivity index (χ4v) is 3.95. The summed E-state index contributed by atoms with van der Waals surface area (Å²) in [4.78, 5) is 11.8. The minimum atomic E-state index is -2.98. The molecule has 7 heteroatoms. The van der Waals surface area contributed by atoms with Gasteiger partial charge in [-0.1, -0.05) is 12.1 Å². The highest BCUT2D eigenvalue weighted by Crippen LogP contribution is 2.14. The van der Waals surface area contributed by atoms with Gasteiger partial charge in [-0.3, -0.25) is 4.79 Å². The third-order valence-electron chi connectivity index (χ3n) is 3.25. The molecule has 1 aliphatic heterocycles. The van der Waals surface area contributed by atoms with Crippen molar-refractivity contribution < 1.29 is 17.9 Å². The molecule has 116 valence electrons. The van der Waals surface area contributed by atoms with Crippen LogP contribution in [0.4, 0.5) is 0 Å². The van der Waals surface area contributed by atoms with E-state index < -0.39 is 9.84 Å². The first-order valence-electron chi connectivity index (χ1n) is 6.84. The molecule has 21 heavy (non-hydrogen) atoms. The zero-order valence-corrected chi connectivity index (χ0v) is 12.8. The van der Waals surface area contributed by atoms with E-state index >= 15 is 0 Å². The van der Waals surface area contributed by atoms with Crippen LogP contribution in [-0.2, 0) is 21.2 Å². The number of carbonyl (C=O) groups excluding carboxylic acids is 1. The van der Waals surface area contributed by atoms with E-state index in [0.29, 0.717) is 12.2 Å². The van der Waals surface area contributed by atoms with Gasteiger partial charge in [-0.15, -0.1) is 0 Å². The highest BCUT2D eigenvalue weighted by atomic mass is 32.2. The summed E-state index contributed by atoms with van der Waals surface area (Å²) in [5, 5.41) is 5.73. The Morgan fingerprint density at radius 3 is 2.90 bits per heavy atom. The zero-order valence-electron chi connectivity index (χ0n) is 12.0. The van der Waals surface area contributed by atoms with Gasteiger partial charge in [0.25, 0.3) is 5.91 Å². The van der Waals surface area contributed by atoms with E-state index in [1.807, 2.05) is 25.2 Å². The Morgan fingerprint density at radius 1 is 1.43 bits per heavy atom. The Kier molecular flexibility index (Phi) is 5.19. The van der Waals surface area contributed by atoms with Gasteiger partial charge in [0.2, 0.25) is 0 Å². The lowest BCUT2D eigenvalue weighted by Crippen LogP contribution is -2.38. The van der Waals surface area contributed by atoms with Gasteiger partial charge in [0, 0.05) is 12.6 Å². The van der Waals surface area contributed by atoms with Gasteiger partial charge >= 0.3 is 0 Å². The second-order valence-corrected chi connectivity index (χ2v) is 7.36. The molecule has 1 saturated heterocycles. The lowest BCUT2D eigenvalue weighted by Gasteiger charge is -2.12. The average molecular weight is 312 g/mol. The van der Waals surface area contributed by atoms with Gasteiger partial charge in [-0.25, -0.2) is 8.42 Å². The van der Waals surface area contributed by atoms with Gasteiger partial charge in [0.15, 0.2) is 16.4 Å². The molecule has 2 rings (SSSR count). The molecule has 0 spiro atoms. The van der Waals surface area contributed by atoms with Crippen molar-refractivity contribution in [3.05, 3.63) is 29.8 Å². The molecular formula is C14H20N2O4S. The van der Waals surface area contributed by atoms with Gasteiger partial charge < -0.3 is 15.4 Å². The fraction of sp³-hybridized carbons (Fsp3) is 0.500. The van der Waals surface area contributed by atoms with E-state index in [9.17, 15) is 13.2 Å². The van der Waals surface area contributed by atoms with Crippen LogP contribution in [0.2, 0.25) is 0 Å². The quantitative estimate of drug-likeness (QED) is 0.777. The van der Waals surface area contributed by atoms with Crippen LogP contribution in [0, 0.1) is 0 Å². The normalized spacial score (nSPS) is 20.1. The van der Waals surface area contributed by atoms with Crippen LogP contribution in [0.15, 0.2) is 24.3 Å². The van der Waals surface area contributed by atoms with Crippen molar-refractivity contribution in [3.63, 3.8) is 0 Å². The molecular weight excluding hydrogens is 292 g/mol. The van der Waals surface area contributed by atoms with Gasteiger partial charge in [-0.05, 0) is 31.2 Å². The summed E-state index contributed by atoms with van der Waals surface area (Å²) in [7, 11) is -1.12. The molecule has 0 aromatic heterocycles. The van der Waals surface area contributed by atoms with E-state index in [1.54, 1.807) is 6.07 Å². The zero-order chi connectivity index (χ0) is 15.3. The first-order chi connectivity index (χ1) is 9.98. The molecule has 1 fully saturated rings. The van der Waals surface area contributed by atoms with Crippen LogP contribution in [0.3, 0.4) is 0 Å². The van der Waals surface area contributed by atoms with Crippen molar-refractivity contribution in [2.45, 2.75) is 19.0 Å². The molecule has 1 atom stereocenters. The van der Waals surface area contributed by atoms with E-state index in [2.05, 4.69) is 10.6 Å². The standard InChI is InChI=1S/C14H20N2O4S/c1-15-8-11-3-2-4-13(7-11)20-9-14(17)16-12-5-6-21(18,19)10-12/h2-4,7,12,15H,5-6,8-10H2,1H3,(H,16,17). The summed E-state index contributed by atoms with van der Waals surface area (Å²) < 4.78 is 28.1. The molecule has 1 heterocycles. The summed E-state index contributed by atoms with van der Waals surface area (Å²) in [6, 6.07) is 7.19. The molecule has 0 aliphatic carbocycles. The minimum absolute atomic E-state index is 0.0242. The van der Waals surface area contributed by atoms with E-state index in [-0.39, 0.29) is 30.1 Å². The molecule has 1 aromatic rings. The number of hydrogen-bond donors (Lipinski definition) is 2. The molecule has 2 N–H and O–H groups in total. The van der Waals surface area contributed by atoms with Crippen LogP contribution in [0.1, 0.15) is 12.0 Å². The number of nitrogens with one attached hydrogen (secondary N) is 2. The summed E-state index contributed by atoms with van der Waals surface area (Å²) >= 11 is 0. The Bertz CT molecular complexity index is 601. The highest BCUT2D eigenvalue weighted by Gasteiger charge is 2.28. The maximum atomic E-state index is 11.8. The van der Waals surface area contributed by atoms with Crippen LogP contribution in [0.5, 0.6) is 5.75 Å². The SMILES string of the molecule is CNCc1cccc(OCC(=O)NC2CCS(=O)(=O)C2)c1. The second-order valence-electron chi connectivity index (χ2n) is 5.13. The highest BCUT2D eigenvalue weighted by molar-refractivity contribution is 7.91. The Morgan fingerprint density at radius 2 is 2.24 bits per heavy atom. The predicted octanol–water partition coefficient (Wildman–Crippen LogP) is 0.0881. The lowest BCUT2D eigenvalue weighted by atomic mass is 10.2. The topological polar surface area (TPSA) is 84.5 Å². The van der Waals surface area contributed by atoms with Gasteiger partial charge in [0.05, 0.1) is 11.5 Å². The average Bonchev–Trinajstić information content (AvgIpc) is 2.76. The largest absolute Gasteiger partial charge is 0.484 e. The molecule has 0 saturated carbocycles.